The molecule has 0 unspecified atom stereocenters. The molecule has 1 saturated carbocycles. The monoisotopic (exact) mass is 153 g/mol. The molecular weight excluding hydrogens is 143 g/mol. The summed E-state index contributed by atoms with van der Waals surface area (Å²) in [5, 5.41) is 0. The van der Waals surface area contributed by atoms with Crippen molar-refractivity contribution in [3.63, 3.8) is 0 Å². The normalized spacial score (nSPS) is 24.0. The van der Waals surface area contributed by atoms with Gasteiger partial charge in [0, 0.05) is 0 Å². The van der Waals surface area contributed by atoms with Crippen molar-refractivity contribution in [2.24, 2.45) is 11.7 Å². The minimum Gasteiger partial charge on any atom is -0.320 e. The van der Waals surface area contributed by atoms with E-state index >= 15 is 0 Å². The molecule has 1 atom stereocenters. The first-order valence-electron chi connectivity index (χ1n) is 3.34. The molecule has 1 rings (SSSR count). The Morgan fingerprint density at radius 1 is 1.30 bits per heavy atom. The summed E-state index contributed by atoms with van der Waals surface area (Å²) < 4.78 is 35.4. The third-order valence-electron chi connectivity index (χ3n) is 2.04. The predicted molar refractivity (Wildman–Crippen MR) is 31.4 cm³/mol. The Hall–Kier alpha value is -0.250. The van der Waals surface area contributed by atoms with Crippen molar-refractivity contribution in [3.05, 3.63) is 0 Å². The van der Waals surface area contributed by atoms with Gasteiger partial charge in [0.2, 0.25) is 0 Å². The maximum atomic E-state index is 11.8. The Morgan fingerprint density at radius 3 is 1.90 bits per heavy atom. The van der Waals surface area contributed by atoms with Crippen LogP contribution in [0.4, 0.5) is 13.2 Å². The lowest BCUT2D eigenvalue weighted by Crippen LogP contribution is -2.46. The summed E-state index contributed by atoms with van der Waals surface area (Å²) >= 11 is 0. The smallest absolute Gasteiger partial charge is 0.320 e. The van der Waals surface area contributed by atoms with E-state index in [1.165, 1.54) is 0 Å². The Bertz CT molecular complexity index is 117. The zero-order chi connectivity index (χ0) is 7.78. The maximum absolute atomic E-state index is 11.8. The summed E-state index contributed by atoms with van der Waals surface area (Å²) in [4.78, 5) is 0. The van der Waals surface area contributed by atoms with E-state index < -0.39 is 12.2 Å². The number of rotatable bonds is 1. The molecule has 0 heterocycles. The van der Waals surface area contributed by atoms with Crippen LogP contribution in [0, 0.1) is 5.92 Å². The number of alkyl halides is 3. The number of hydrogen-bond acceptors (Lipinski definition) is 1. The minimum atomic E-state index is -4.19. The van der Waals surface area contributed by atoms with E-state index in [0.717, 1.165) is 6.42 Å². The van der Waals surface area contributed by atoms with Crippen LogP contribution in [-0.2, 0) is 0 Å². The molecule has 0 spiro atoms. The van der Waals surface area contributed by atoms with Gasteiger partial charge in [-0.05, 0) is 18.8 Å². The van der Waals surface area contributed by atoms with E-state index in [2.05, 4.69) is 0 Å². The molecular formula is C6H10F3N. The summed E-state index contributed by atoms with van der Waals surface area (Å²) in [6.07, 6.45) is -2.01. The van der Waals surface area contributed by atoms with Crippen LogP contribution in [0.1, 0.15) is 19.3 Å². The lowest BCUT2D eigenvalue weighted by atomic mass is 9.80. The zero-order valence-corrected chi connectivity index (χ0v) is 5.49. The molecule has 0 bridgehead atoms. The van der Waals surface area contributed by atoms with Crippen molar-refractivity contribution in [2.45, 2.75) is 31.5 Å². The van der Waals surface area contributed by atoms with Crippen LogP contribution in [-0.4, -0.2) is 12.2 Å². The summed E-state index contributed by atoms with van der Waals surface area (Å²) in [5.41, 5.74) is 4.93. The SMILES string of the molecule is N[C@H](C1CCC1)C(F)(F)F. The van der Waals surface area contributed by atoms with Crippen LogP contribution in [0.2, 0.25) is 0 Å². The van der Waals surface area contributed by atoms with Gasteiger partial charge in [-0.15, -0.1) is 0 Å². The molecule has 60 valence electrons. The Morgan fingerprint density at radius 2 is 1.80 bits per heavy atom. The molecule has 1 nitrogen and oxygen atoms in total. The van der Waals surface area contributed by atoms with E-state index in [1.807, 2.05) is 0 Å². The van der Waals surface area contributed by atoms with Gasteiger partial charge in [-0.1, -0.05) is 6.42 Å². The zero-order valence-electron chi connectivity index (χ0n) is 5.49. The standard InChI is InChI=1S/C6H10F3N/c7-6(8,9)5(10)4-2-1-3-4/h4-5H,1-3,10H2/t5-/m1/s1. The first-order chi connectivity index (χ1) is 4.52. The first-order valence-corrected chi connectivity index (χ1v) is 3.34. The highest BCUT2D eigenvalue weighted by Gasteiger charge is 2.43. The number of halogens is 3. The van der Waals surface area contributed by atoms with Crippen molar-refractivity contribution in [1.29, 1.82) is 0 Å². The summed E-state index contributed by atoms with van der Waals surface area (Å²) in [6.45, 7) is 0. The van der Waals surface area contributed by atoms with Gasteiger partial charge in [-0.3, -0.25) is 0 Å². The van der Waals surface area contributed by atoms with E-state index in [0.29, 0.717) is 12.8 Å². The second-order valence-electron chi connectivity index (χ2n) is 2.76. The van der Waals surface area contributed by atoms with Gasteiger partial charge in [0.05, 0.1) is 0 Å². The molecule has 0 aromatic rings. The molecule has 0 amide bonds. The lowest BCUT2D eigenvalue weighted by Gasteiger charge is -2.32. The third kappa shape index (κ3) is 1.42. The van der Waals surface area contributed by atoms with Gasteiger partial charge in [-0.25, -0.2) is 0 Å². The second kappa shape index (κ2) is 2.42. The largest absolute Gasteiger partial charge is 0.403 e. The molecule has 2 N–H and O–H groups in total. The average molecular weight is 153 g/mol. The molecule has 1 aliphatic rings. The molecule has 0 aliphatic heterocycles. The maximum Gasteiger partial charge on any atom is 0.403 e. The third-order valence-corrected chi connectivity index (χ3v) is 2.04. The van der Waals surface area contributed by atoms with Crippen molar-refractivity contribution < 1.29 is 13.2 Å². The number of hydrogen-bond donors (Lipinski definition) is 1. The van der Waals surface area contributed by atoms with E-state index in [-0.39, 0.29) is 5.92 Å². The second-order valence-corrected chi connectivity index (χ2v) is 2.76. The first kappa shape index (κ1) is 7.85. The fraction of sp³-hybridized carbons (Fsp3) is 1.00. The molecule has 1 fully saturated rings. The van der Waals surface area contributed by atoms with Crippen LogP contribution < -0.4 is 5.73 Å². The Balaban J connectivity index is 2.39. The fourth-order valence-corrected chi connectivity index (χ4v) is 1.07. The van der Waals surface area contributed by atoms with Gasteiger partial charge in [0.15, 0.2) is 0 Å². The molecule has 0 aromatic carbocycles. The van der Waals surface area contributed by atoms with Crippen LogP contribution >= 0.6 is 0 Å². The number of nitrogens with two attached hydrogens (primary N) is 1. The summed E-state index contributed by atoms with van der Waals surface area (Å²) in [5.74, 6) is -0.306. The molecule has 0 radical (unpaired) electrons. The highest BCUT2D eigenvalue weighted by Crippen LogP contribution is 2.35. The quantitative estimate of drug-likeness (QED) is 0.609. The van der Waals surface area contributed by atoms with E-state index in [9.17, 15) is 13.2 Å². The molecule has 0 aromatic heterocycles. The lowest BCUT2D eigenvalue weighted by molar-refractivity contribution is -0.164. The van der Waals surface area contributed by atoms with Gasteiger partial charge in [0.25, 0.3) is 0 Å². The van der Waals surface area contributed by atoms with Crippen LogP contribution in [0.5, 0.6) is 0 Å². The Labute approximate surface area is 57.4 Å². The van der Waals surface area contributed by atoms with Crippen LogP contribution in [0.15, 0.2) is 0 Å². The van der Waals surface area contributed by atoms with E-state index in [1.54, 1.807) is 0 Å². The highest BCUT2D eigenvalue weighted by atomic mass is 19.4. The molecule has 10 heavy (non-hydrogen) atoms. The van der Waals surface area contributed by atoms with Crippen LogP contribution in [0.3, 0.4) is 0 Å². The van der Waals surface area contributed by atoms with Gasteiger partial charge >= 0.3 is 6.18 Å². The average Bonchev–Trinajstić information content (AvgIpc) is 1.57. The van der Waals surface area contributed by atoms with Gasteiger partial charge < -0.3 is 5.73 Å². The predicted octanol–water partition coefficient (Wildman–Crippen LogP) is 1.68. The molecule has 4 heteroatoms. The highest BCUT2D eigenvalue weighted by molar-refractivity contribution is 4.84. The Kier molecular flexibility index (Phi) is 1.90. The summed E-state index contributed by atoms with van der Waals surface area (Å²) in [7, 11) is 0. The fourth-order valence-electron chi connectivity index (χ4n) is 1.07. The van der Waals surface area contributed by atoms with Crippen molar-refractivity contribution in [2.75, 3.05) is 0 Å². The minimum absolute atomic E-state index is 0.306. The van der Waals surface area contributed by atoms with E-state index in [4.69, 9.17) is 5.73 Å². The summed E-state index contributed by atoms with van der Waals surface area (Å²) in [6, 6.07) is -1.58. The van der Waals surface area contributed by atoms with Gasteiger partial charge in [-0.2, -0.15) is 13.2 Å². The molecule has 0 saturated heterocycles. The topological polar surface area (TPSA) is 26.0 Å². The van der Waals surface area contributed by atoms with Crippen LogP contribution in [0.25, 0.3) is 0 Å². The molecule has 1 aliphatic carbocycles. The van der Waals surface area contributed by atoms with Gasteiger partial charge in [0.1, 0.15) is 6.04 Å². The van der Waals surface area contributed by atoms with Crippen molar-refractivity contribution in [1.82, 2.24) is 0 Å². The van der Waals surface area contributed by atoms with Crippen molar-refractivity contribution >= 4 is 0 Å². The van der Waals surface area contributed by atoms with Crippen molar-refractivity contribution in [3.8, 4) is 0 Å².